The molecule has 0 aliphatic carbocycles. The monoisotopic (exact) mass is 340 g/mol. The minimum atomic E-state index is -0.581. The predicted octanol–water partition coefficient (Wildman–Crippen LogP) is 3.78. The van der Waals surface area contributed by atoms with Gasteiger partial charge in [0.05, 0.1) is 13.7 Å². The van der Waals surface area contributed by atoms with Crippen LogP contribution in [-0.2, 0) is 4.79 Å². The fourth-order valence-corrected chi connectivity index (χ4v) is 2.10. The van der Waals surface area contributed by atoms with Gasteiger partial charge in [-0.2, -0.15) is 5.26 Å². The average Bonchev–Trinajstić information content (AvgIpc) is 2.62. The van der Waals surface area contributed by atoms with E-state index in [4.69, 9.17) is 9.47 Å². The molecule has 0 atom stereocenters. The molecule has 128 valence electrons. The van der Waals surface area contributed by atoms with Gasteiger partial charge in [-0.3, -0.25) is 4.79 Å². The Hall–Kier alpha value is -3.33. The number of nitrogens with one attached hydrogen (secondary N) is 1. The van der Waals surface area contributed by atoms with Crippen molar-refractivity contribution in [1.82, 2.24) is 0 Å². The summed E-state index contributed by atoms with van der Waals surface area (Å²) in [7, 11) is 1.53. The van der Waals surface area contributed by atoms with Crippen LogP contribution in [0.15, 0.2) is 48.0 Å². The van der Waals surface area contributed by atoms with Crippen molar-refractivity contribution < 1.29 is 18.7 Å². The van der Waals surface area contributed by atoms with E-state index in [0.717, 1.165) is 0 Å². The van der Waals surface area contributed by atoms with E-state index in [1.54, 1.807) is 18.2 Å². The summed E-state index contributed by atoms with van der Waals surface area (Å²) in [6.45, 7) is 2.30. The van der Waals surface area contributed by atoms with Gasteiger partial charge in [0.25, 0.3) is 5.91 Å². The first kappa shape index (κ1) is 18.0. The van der Waals surface area contributed by atoms with Gasteiger partial charge in [0, 0.05) is 5.69 Å². The number of carbonyl (C=O) groups excluding carboxylic acids is 1. The number of ether oxygens (including phenoxy) is 2. The van der Waals surface area contributed by atoms with Gasteiger partial charge in [0.1, 0.15) is 17.5 Å². The Kier molecular flexibility index (Phi) is 6.13. The van der Waals surface area contributed by atoms with Crippen LogP contribution in [0.2, 0.25) is 0 Å². The van der Waals surface area contributed by atoms with E-state index in [2.05, 4.69) is 5.32 Å². The lowest BCUT2D eigenvalue weighted by Crippen LogP contribution is -2.13. The number of nitriles is 1. The van der Waals surface area contributed by atoms with Gasteiger partial charge in [0.15, 0.2) is 11.5 Å². The van der Waals surface area contributed by atoms with Crippen LogP contribution >= 0.6 is 0 Å². The minimum absolute atomic E-state index is 0.0862. The first-order chi connectivity index (χ1) is 12.1. The molecule has 0 aliphatic rings. The van der Waals surface area contributed by atoms with Crippen molar-refractivity contribution in [3.63, 3.8) is 0 Å². The highest BCUT2D eigenvalue weighted by molar-refractivity contribution is 6.09. The number of anilines is 1. The number of methoxy groups -OCH3 is 1. The van der Waals surface area contributed by atoms with Crippen LogP contribution in [0.4, 0.5) is 10.1 Å². The number of nitrogens with zero attached hydrogens (tertiary/aromatic N) is 1. The molecule has 0 fully saturated rings. The average molecular weight is 340 g/mol. The van der Waals surface area contributed by atoms with Crippen LogP contribution in [0, 0.1) is 17.1 Å². The number of rotatable bonds is 6. The molecule has 0 unspecified atom stereocenters. The quantitative estimate of drug-likeness (QED) is 0.642. The second kappa shape index (κ2) is 8.50. The molecule has 2 aromatic carbocycles. The van der Waals surface area contributed by atoms with E-state index in [1.165, 1.54) is 37.5 Å². The number of amides is 1. The summed E-state index contributed by atoms with van der Waals surface area (Å²) >= 11 is 0. The number of carbonyl (C=O) groups is 1. The number of halogens is 1. The third kappa shape index (κ3) is 4.82. The molecule has 5 nitrogen and oxygen atoms in total. The van der Waals surface area contributed by atoms with Gasteiger partial charge in [-0.25, -0.2) is 4.39 Å². The van der Waals surface area contributed by atoms with Crippen LogP contribution in [0.1, 0.15) is 12.5 Å². The molecule has 2 rings (SSSR count). The zero-order chi connectivity index (χ0) is 18.2. The van der Waals surface area contributed by atoms with Crippen molar-refractivity contribution in [3.8, 4) is 17.6 Å². The van der Waals surface area contributed by atoms with Crippen LogP contribution in [0.5, 0.6) is 11.5 Å². The standard InChI is InChI=1S/C19H17FN2O3/c1-3-25-18-11-13(4-9-17(18)24-2)10-14(12-21)19(23)22-16-7-5-15(20)6-8-16/h4-11H,3H2,1-2H3,(H,22,23)/b14-10-. The summed E-state index contributed by atoms with van der Waals surface area (Å²) in [4.78, 5) is 12.2. The predicted molar refractivity (Wildman–Crippen MR) is 92.8 cm³/mol. The molecular weight excluding hydrogens is 323 g/mol. The molecule has 0 aromatic heterocycles. The van der Waals surface area contributed by atoms with Gasteiger partial charge in [-0.1, -0.05) is 6.07 Å². The Bertz CT molecular complexity index is 824. The normalized spacial score (nSPS) is 10.7. The molecule has 6 heteroatoms. The van der Waals surface area contributed by atoms with Crippen molar-refractivity contribution in [2.45, 2.75) is 6.92 Å². The highest BCUT2D eigenvalue weighted by atomic mass is 19.1. The Morgan fingerprint density at radius 3 is 2.56 bits per heavy atom. The van der Waals surface area contributed by atoms with Gasteiger partial charge in [0.2, 0.25) is 0 Å². The van der Waals surface area contributed by atoms with E-state index in [1.807, 2.05) is 13.0 Å². The van der Waals surface area contributed by atoms with Crippen LogP contribution in [0.3, 0.4) is 0 Å². The molecule has 0 saturated heterocycles. The maximum atomic E-state index is 12.9. The molecule has 0 radical (unpaired) electrons. The van der Waals surface area contributed by atoms with Crippen molar-refractivity contribution in [2.75, 3.05) is 19.0 Å². The first-order valence-corrected chi connectivity index (χ1v) is 7.57. The van der Waals surface area contributed by atoms with Crippen LogP contribution in [-0.4, -0.2) is 19.6 Å². The van der Waals surface area contributed by atoms with Gasteiger partial charge >= 0.3 is 0 Å². The highest BCUT2D eigenvalue weighted by Crippen LogP contribution is 2.29. The molecule has 2 aromatic rings. The zero-order valence-electron chi connectivity index (χ0n) is 13.9. The largest absolute Gasteiger partial charge is 0.493 e. The Labute approximate surface area is 145 Å². The molecule has 0 heterocycles. The van der Waals surface area contributed by atoms with Crippen molar-refractivity contribution in [3.05, 3.63) is 59.4 Å². The Morgan fingerprint density at radius 1 is 1.24 bits per heavy atom. The topological polar surface area (TPSA) is 71.3 Å². The van der Waals surface area contributed by atoms with Gasteiger partial charge < -0.3 is 14.8 Å². The molecule has 0 bridgehead atoms. The van der Waals surface area contributed by atoms with E-state index >= 15 is 0 Å². The SMILES string of the molecule is CCOc1cc(/C=C(/C#N)C(=O)Nc2ccc(F)cc2)ccc1OC. The van der Waals surface area contributed by atoms with E-state index in [-0.39, 0.29) is 5.57 Å². The van der Waals surface area contributed by atoms with Crippen molar-refractivity contribution in [2.24, 2.45) is 0 Å². The summed E-state index contributed by atoms with van der Waals surface area (Å²) in [6.07, 6.45) is 1.45. The van der Waals surface area contributed by atoms with Crippen molar-refractivity contribution in [1.29, 1.82) is 5.26 Å². The lowest BCUT2D eigenvalue weighted by molar-refractivity contribution is -0.112. The third-order valence-corrected chi connectivity index (χ3v) is 3.27. The molecule has 0 aliphatic heterocycles. The fraction of sp³-hybridized carbons (Fsp3) is 0.158. The number of benzene rings is 2. The summed E-state index contributed by atoms with van der Waals surface area (Å²) in [5, 5.41) is 11.8. The maximum Gasteiger partial charge on any atom is 0.266 e. The van der Waals surface area contributed by atoms with Crippen LogP contribution in [0.25, 0.3) is 6.08 Å². The van der Waals surface area contributed by atoms with Crippen molar-refractivity contribution >= 4 is 17.7 Å². The number of hydrogen-bond donors (Lipinski definition) is 1. The Balaban J connectivity index is 2.24. The van der Waals surface area contributed by atoms with E-state index < -0.39 is 11.7 Å². The van der Waals surface area contributed by atoms with Gasteiger partial charge in [-0.15, -0.1) is 0 Å². The zero-order valence-corrected chi connectivity index (χ0v) is 13.9. The first-order valence-electron chi connectivity index (χ1n) is 7.57. The smallest absolute Gasteiger partial charge is 0.266 e. The third-order valence-electron chi connectivity index (χ3n) is 3.27. The molecule has 0 spiro atoms. The molecule has 25 heavy (non-hydrogen) atoms. The molecule has 0 saturated carbocycles. The minimum Gasteiger partial charge on any atom is -0.493 e. The van der Waals surface area contributed by atoms with Crippen LogP contribution < -0.4 is 14.8 Å². The summed E-state index contributed by atoms with van der Waals surface area (Å²) in [6, 6.07) is 12.3. The van der Waals surface area contributed by atoms with E-state index in [9.17, 15) is 14.4 Å². The lowest BCUT2D eigenvalue weighted by Gasteiger charge is -2.10. The second-order valence-electron chi connectivity index (χ2n) is 4.97. The lowest BCUT2D eigenvalue weighted by atomic mass is 10.1. The summed E-state index contributed by atoms with van der Waals surface area (Å²) in [5.74, 6) is 0.0990. The molecule has 1 amide bonds. The van der Waals surface area contributed by atoms with Gasteiger partial charge in [-0.05, 0) is 55.0 Å². The Morgan fingerprint density at radius 2 is 1.96 bits per heavy atom. The molecule has 1 N–H and O–H groups in total. The fourth-order valence-electron chi connectivity index (χ4n) is 2.10. The molecular formula is C19H17FN2O3. The maximum absolute atomic E-state index is 12.9. The highest BCUT2D eigenvalue weighted by Gasteiger charge is 2.11. The van der Waals surface area contributed by atoms with E-state index in [0.29, 0.717) is 29.4 Å². The summed E-state index contributed by atoms with van der Waals surface area (Å²) in [5.41, 5.74) is 0.935. The number of hydrogen-bond acceptors (Lipinski definition) is 4. The second-order valence-corrected chi connectivity index (χ2v) is 4.97. The summed E-state index contributed by atoms with van der Waals surface area (Å²) < 4.78 is 23.6.